The van der Waals surface area contributed by atoms with Crippen molar-refractivity contribution in [2.24, 2.45) is 23.7 Å². The molecule has 0 aromatic heterocycles. The number of ether oxygens (including phenoxy) is 4. The lowest BCUT2D eigenvalue weighted by molar-refractivity contribution is -0.206. The summed E-state index contributed by atoms with van der Waals surface area (Å²) in [5.74, 6) is 1.19. The minimum Gasteiger partial charge on any atom is -0.463 e. The maximum absolute atomic E-state index is 12.3. The van der Waals surface area contributed by atoms with Gasteiger partial charge in [-0.2, -0.15) is 0 Å². The van der Waals surface area contributed by atoms with Crippen molar-refractivity contribution >= 4 is 17.9 Å². The number of hydrogen-bond donors (Lipinski definition) is 0. The zero-order valence-electron chi connectivity index (χ0n) is 18.3. The fourth-order valence-electron chi connectivity index (χ4n) is 5.55. The second-order valence-corrected chi connectivity index (χ2v) is 9.44. The monoisotopic (exact) mass is 422 g/mol. The summed E-state index contributed by atoms with van der Waals surface area (Å²) in [5.41, 5.74) is -0.0875. The summed E-state index contributed by atoms with van der Waals surface area (Å²) in [4.78, 5) is 35.5. The van der Waals surface area contributed by atoms with Gasteiger partial charge in [0.05, 0.1) is 13.0 Å². The maximum Gasteiger partial charge on any atom is 0.333 e. The zero-order valence-corrected chi connectivity index (χ0v) is 18.3. The highest BCUT2D eigenvalue weighted by Gasteiger charge is 2.57. The summed E-state index contributed by atoms with van der Waals surface area (Å²) in [6.07, 6.45) is 5.40. The Morgan fingerprint density at radius 1 is 1.00 bits per heavy atom. The van der Waals surface area contributed by atoms with Gasteiger partial charge in [0.25, 0.3) is 0 Å². The number of hydrogen-bond acceptors (Lipinski definition) is 7. The molecule has 4 bridgehead atoms. The second-order valence-electron chi connectivity index (χ2n) is 9.44. The lowest BCUT2D eigenvalue weighted by atomic mass is 9.50. The van der Waals surface area contributed by atoms with E-state index in [9.17, 15) is 14.4 Å². The first-order valence-corrected chi connectivity index (χ1v) is 11.0. The summed E-state index contributed by atoms with van der Waals surface area (Å²) in [6.45, 7) is 8.72. The van der Waals surface area contributed by atoms with E-state index in [1.807, 2.05) is 0 Å². The highest BCUT2D eigenvalue weighted by atomic mass is 16.6. The van der Waals surface area contributed by atoms with Crippen molar-refractivity contribution in [2.75, 3.05) is 19.8 Å². The van der Waals surface area contributed by atoms with Crippen LogP contribution in [0.4, 0.5) is 0 Å². The van der Waals surface area contributed by atoms with Crippen molar-refractivity contribution in [3.05, 3.63) is 12.2 Å². The van der Waals surface area contributed by atoms with E-state index in [-0.39, 0.29) is 43.4 Å². The largest absolute Gasteiger partial charge is 0.463 e. The second kappa shape index (κ2) is 9.50. The Morgan fingerprint density at radius 3 is 2.17 bits per heavy atom. The molecule has 0 aliphatic heterocycles. The van der Waals surface area contributed by atoms with E-state index < -0.39 is 18.0 Å². The molecule has 1 unspecified atom stereocenters. The van der Waals surface area contributed by atoms with E-state index in [1.165, 1.54) is 32.1 Å². The molecule has 4 aliphatic carbocycles. The Kier molecular flexibility index (Phi) is 7.22. The van der Waals surface area contributed by atoms with Crippen LogP contribution in [0.1, 0.15) is 59.3 Å². The summed E-state index contributed by atoms with van der Waals surface area (Å²) >= 11 is 0. The van der Waals surface area contributed by atoms with Gasteiger partial charge in [0.1, 0.15) is 24.9 Å². The van der Waals surface area contributed by atoms with E-state index in [0.29, 0.717) is 11.8 Å². The molecule has 0 aromatic carbocycles. The Balaban J connectivity index is 1.29. The standard InChI is InChI=1S/C23H34O7/c1-14(2)22(26)29-15(3)7-20(24)28-6-5-27-13-21(25)30-23(4)18-9-16-8-17(11-18)12-19(23)10-16/h15-19H,1,5-13H2,2-4H3. The summed E-state index contributed by atoms with van der Waals surface area (Å²) < 4.78 is 21.3. The lowest BCUT2D eigenvalue weighted by Gasteiger charge is -2.59. The molecular formula is C23H34O7. The van der Waals surface area contributed by atoms with E-state index in [4.69, 9.17) is 18.9 Å². The fourth-order valence-corrected chi connectivity index (χ4v) is 5.55. The molecule has 0 spiro atoms. The van der Waals surface area contributed by atoms with Crippen LogP contribution in [0, 0.1) is 23.7 Å². The van der Waals surface area contributed by atoms with Crippen molar-refractivity contribution in [1.82, 2.24) is 0 Å². The van der Waals surface area contributed by atoms with Crippen molar-refractivity contribution in [1.29, 1.82) is 0 Å². The van der Waals surface area contributed by atoms with Crippen LogP contribution >= 0.6 is 0 Å². The third-order valence-electron chi connectivity index (χ3n) is 6.91. The smallest absolute Gasteiger partial charge is 0.333 e. The molecule has 4 rings (SSSR count). The summed E-state index contributed by atoms with van der Waals surface area (Å²) in [7, 11) is 0. The van der Waals surface area contributed by atoms with Crippen molar-refractivity contribution in [3.63, 3.8) is 0 Å². The molecule has 7 nitrogen and oxygen atoms in total. The summed E-state index contributed by atoms with van der Waals surface area (Å²) in [6, 6.07) is 0. The highest BCUT2D eigenvalue weighted by Crippen LogP contribution is 2.59. The first-order chi connectivity index (χ1) is 14.2. The normalized spacial score (nSPS) is 32.4. The highest BCUT2D eigenvalue weighted by molar-refractivity contribution is 5.87. The number of carbonyl (C=O) groups is 3. The van der Waals surface area contributed by atoms with Gasteiger partial charge in [-0.3, -0.25) is 4.79 Å². The quantitative estimate of drug-likeness (QED) is 0.231. The number of esters is 3. The first kappa shape index (κ1) is 22.8. The SMILES string of the molecule is C=C(C)C(=O)OC(C)CC(=O)OCCOCC(=O)OC1(C)C2CC3CC(C2)CC1C3. The Bertz CT molecular complexity index is 655. The van der Waals surface area contributed by atoms with Crippen molar-refractivity contribution < 1.29 is 33.3 Å². The van der Waals surface area contributed by atoms with Crippen LogP contribution in [0.3, 0.4) is 0 Å². The molecule has 0 aromatic rings. The third kappa shape index (κ3) is 5.42. The molecular weight excluding hydrogens is 388 g/mol. The van der Waals surface area contributed by atoms with Gasteiger partial charge >= 0.3 is 17.9 Å². The van der Waals surface area contributed by atoms with Crippen LogP contribution in [0.15, 0.2) is 12.2 Å². The molecule has 30 heavy (non-hydrogen) atoms. The van der Waals surface area contributed by atoms with Crippen LogP contribution in [0.25, 0.3) is 0 Å². The van der Waals surface area contributed by atoms with Gasteiger partial charge in [-0.05, 0) is 76.5 Å². The molecule has 4 saturated carbocycles. The topological polar surface area (TPSA) is 88.1 Å². The molecule has 0 radical (unpaired) electrons. The van der Waals surface area contributed by atoms with E-state index >= 15 is 0 Å². The predicted molar refractivity (Wildman–Crippen MR) is 108 cm³/mol. The molecule has 0 amide bonds. The molecule has 0 saturated heterocycles. The molecule has 4 aliphatic rings. The van der Waals surface area contributed by atoms with Crippen LogP contribution in [0.2, 0.25) is 0 Å². The average molecular weight is 423 g/mol. The van der Waals surface area contributed by atoms with Crippen molar-refractivity contribution in [3.8, 4) is 0 Å². The molecule has 7 heteroatoms. The minimum atomic E-state index is -0.598. The van der Waals surface area contributed by atoms with Gasteiger partial charge in [0, 0.05) is 5.57 Å². The maximum atomic E-state index is 12.3. The van der Waals surface area contributed by atoms with Gasteiger partial charge in [0.15, 0.2) is 0 Å². The third-order valence-corrected chi connectivity index (χ3v) is 6.91. The molecule has 0 heterocycles. The van der Waals surface area contributed by atoms with Crippen LogP contribution < -0.4 is 0 Å². The number of carbonyl (C=O) groups excluding carboxylic acids is 3. The average Bonchev–Trinajstić information content (AvgIpc) is 2.65. The number of rotatable bonds is 10. The first-order valence-electron chi connectivity index (χ1n) is 11.0. The predicted octanol–water partition coefficient (Wildman–Crippen LogP) is 3.20. The Morgan fingerprint density at radius 2 is 1.60 bits per heavy atom. The van der Waals surface area contributed by atoms with Crippen LogP contribution in [-0.4, -0.2) is 49.4 Å². The van der Waals surface area contributed by atoms with E-state index in [1.54, 1.807) is 13.8 Å². The van der Waals surface area contributed by atoms with Crippen LogP contribution in [0.5, 0.6) is 0 Å². The minimum absolute atomic E-state index is 0.0269. The molecule has 1 atom stereocenters. The lowest BCUT2D eigenvalue weighted by Crippen LogP contribution is -2.58. The Hall–Kier alpha value is -1.89. The van der Waals surface area contributed by atoms with Gasteiger partial charge in [-0.25, -0.2) is 9.59 Å². The molecule has 168 valence electrons. The van der Waals surface area contributed by atoms with Crippen LogP contribution in [-0.2, 0) is 33.3 Å². The van der Waals surface area contributed by atoms with Gasteiger partial charge in [-0.15, -0.1) is 0 Å². The van der Waals surface area contributed by atoms with Gasteiger partial charge < -0.3 is 18.9 Å². The van der Waals surface area contributed by atoms with E-state index in [0.717, 1.165) is 11.8 Å². The Labute approximate surface area is 178 Å². The summed E-state index contributed by atoms with van der Waals surface area (Å²) in [5, 5.41) is 0. The molecule has 4 fully saturated rings. The van der Waals surface area contributed by atoms with Gasteiger partial charge in [0.2, 0.25) is 0 Å². The fraction of sp³-hybridized carbons (Fsp3) is 0.783. The van der Waals surface area contributed by atoms with Gasteiger partial charge in [-0.1, -0.05) is 6.58 Å². The molecule has 0 N–H and O–H groups in total. The van der Waals surface area contributed by atoms with Crippen molar-refractivity contribution in [2.45, 2.75) is 71.0 Å². The van der Waals surface area contributed by atoms with E-state index in [2.05, 4.69) is 13.5 Å². The zero-order chi connectivity index (χ0) is 21.9.